The minimum absolute atomic E-state index is 0.0142. The molecular weight excluding hydrogens is 378 g/mol. The van der Waals surface area contributed by atoms with Crippen LogP contribution < -0.4 is 0 Å². The summed E-state index contributed by atoms with van der Waals surface area (Å²) >= 11 is 0. The number of azo groups is 1. The Morgan fingerprint density at radius 3 is 2.36 bits per heavy atom. The molecular formula is C20H15N3O4S. The predicted molar refractivity (Wildman–Crippen MR) is 106 cm³/mol. The number of aryl methyl sites for hydroxylation is 1. The molecule has 8 heteroatoms. The number of phenolic OH excluding ortho intramolecular Hbond substituents is 1. The molecule has 0 aliphatic heterocycles. The summed E-state index contributed by atoms with van der Waals surface area (Å²) in [5.74, 6) is -0.317. The van der Waals surface area contributed by atoms with E-state index in [1.54, 1.807) is 6.07 Å². The molecule has 0 fully saturated rings. The first-order valence-corrected chi connectivity index (χ1v) is 9.78. The van der Waals surface area contributed by atoms with Gasteiger partial charge in [-0.05, 0) is 42.1 Å². The van der Waals surface area contributed by atoms with Gasteiger partial charge in [0.25, 0.3) is 10.1 Å². The molecule has 28 heavy (non-hydrogen) atoms. The Balaban J connectivity index is 1.92. The van der Waals surface area contributed by atoms with Crippen LogP contribution in [-0.2, 0) is 10.1 Å². The summed E-state index contributed by atoms with van der Waals surface area (Å²) < 4.78 is 33.1. The summed E-state index contributed by atoms with van der Waals surface area (Å²) in [5.41, 5.74) is 1.56. The van der Waals surface area contributed by atoms with Crippen molar-refractivity contribution in [3.63, 3.8) is 0 Å². The third-order valence-electron chi connectivity index (χ3n) is 4.47. The van der Waals surface area contributed by atoms with Gasteiger partial charge < -0.3 is 5.11 Å². The summed E-state index contributed by atoms with van der Waals surface area (Å²) in [5, 5.41) is 20.7. The Morgan fingerprint density at radius 1 is 0.893 bits per heavy atom. The monoisotopic (exact) mass is 393 g/mol. The normalized spacial score (nSPS) is 12.2. The van der Waals surface area contributed by atoms with Gasteiger partial charge in [0.2, 0.25) is 0 Å². The molecule has 0 unspecified atom stereocenters. The zero-order valence-electron chi connectivity index (χ0n) is 14.7. The molecule has 7 nitrogen and oxygen atoms in total. The number of nitrogens with zero attached hydrogens (tertiary/aromatic N) is 3. The maximum Gasteiger partial charge on any atom is 0.295 e. The fourth-order valence-electron chi connectivity index (χ4n) is 3.12. The lowest BCUT2D eigenvalue weighted by Crippen LogP contribution is -1.99. The molecule has 140 valence electrons. The summed E-state index contributed by atoms with van der Waals surface area (Å²) in [7, 11) is -4.54. The van der Waals surface area contributed by atoms with Gasteiger partial charge >= 0.3 is 0 Å². The molecule has 0 aliphatic carbocycles. The van der Waals surface area contributed by atoms with Gasteiger partial charge in [-0.15, -0.1) is 10.2 Å². The van der Waals surface area contributed by atoms with E-state index in [9.17, 15) is 18.1 Å². The highest BCUT2D eigenvalue weighted by Gasteiger charge is 2.20. The zero-order valence-corrected chi connectivity index (χ0v) is 15.6. The van der Waals surface area contributed by atoms with Crippen molar-refractivity contribution in [1.29, 1.82) is 0 Å². The largest absolute Gasteiger partial charge is 0.504 e. The van der Waals surface area contributed by atoms with Crippen LogP contribution in [0.4, 0.5) is 11.4 Å². The van der Waals surface area contributed by atoms with Gasteiger partial charge in [-0.3, -0.25) is 9.54 Å². The zero-order chi connectivity index (χ0) is 19.9. The second kappa shape index (κ2) is 6.66. The van der Waals surface area contributed by atoms with Crippen molar-refractivity contribution >= 4 is 43.2 Å². The molecule has 0 atom stereocenters. The van der Waals surface area contributed by atoms with Crippen molar-refractivity contribution < 1.29 is 18.1 Å². The topological polar surface area (TPSA) is 112 Å². The lowest BCUT2D eigenvalue weighted by atomic mass is 10.0. The molecule has 0 spiro atoms. The molecule has 1 aromatic heterocycles. The number of hydrogen-bond donors (Lipinski definition) is 2. The Kier molecular flexibility index (Phi) is 4.29. The maximum atomic E-state index is 11.8. The smallest absolute Gasteiger partial charge is 0.295 e. The molecule has 2 N–H and O–H groups in total. The standard InChI is InChI=1S/C20H15N3O4S/c1-12-5-2-7-14-13(12)6-3-9-16(14)22-23-17-11-18(28(25,26)27)15-8-4-10-21-19(15)20(17)24/h2-11,24H,1H3,(H,25,26,27). The lowest BCUT2D eigenvalue weighted by molar-refractivity contribution is 0.479. The van der Waals surface area contributed by atoms with Crippen molar-refractivity contribution in [2.75, 3.05) is 0 Å². The number of hydrogen-bond acceptors (Lipinski definition) is 6. The average molecular weight is 393 g/mol. The SMILES string of the molecule is Cc1cccc2c(N=Nc3cc(S(=O)(=O)O)c4cccnc4c3O)cccc12. The fraction of sp³-hybridized carbons (Fsp3) is 0.0500. The van der Waals surface area contributed by atoms with Crippen LogP contribution in [0.2, 0.25) is 0 Å². The quantitative estimate of drug-likeness (QED) is 0.373. The molecule has 0 radical (unpaired) electrons. The van der Waals surface area contributed by atoms with Crippen molar-refractivity contribution in [3.05, 3.63) is 66.4 Å². The van der Waals surface area contributed by atoms with E-state index in [1.807, 2.05) is 37.3 Å². The van der Waals surface area contributed by atoms with Crippen molar-refractivity contribution in [2.24, 2.45) is 10.2 Å². The first kappa shape index (κ1) is 18.0. The number of rotatable bonds is 3. The molecule has 0 aliphatic rings. The van der Waals surface area contributed by atoms with E-state index in [0.29, 0.717) is 5.69 Å². The van der Waals surface area contributed by atoms with Gasteiger partial charge in [-0.2, -0.15) is 8.42 Å². The number of aromatic hydroxyl groups is 1. The molecule has 1 heterocycles. The Hall–Kier alpha value is -3.36. The highest BCUT2D eigenvalue weighted by atomic mass is 32.2. The van der Waals surface area contributed by atoms with E-state index in [-0.39, 0.29) is 22.3 Å². The Bertz CT molecular complexity index is 1370. The van der Waals surface area contributed by atoms with Gasteiger partial charge in [0.05, 0.1) is 5.69 Å². The highest BCUT2D eigenvalue weighted by Crippen LogP contribution is 2.39. The summed E-state index contributed by atoms with van der Waals surface area (Å²) in [6.07, 6.45) is 1.41. The summed E-state index contributed by atoms with van der Waals surface area (Å²) in [6.45, 7) is 1.99. The predicted octanol–water partition coefficient (Wildman–Crippen LogP) is 5.06. The second-order valence-electron chi connectivity index (χ2n) is 6.26. The molecule has 0 saturated heterocycles. The van der Waals surface area contributed by atoms with Crippen molar-refractivity contribution in [1.82, 2.24) is 4.98 Å². The minimum atomic E-state index is -4.54. The molecule has 0 saturated carbocycles. The van der Waals surface area contributed by atoms with Crippen molar-refractivity contribution in [2.45, 2.75) is 11.8 Å². The van der Waals surface area contributed by atoms with Crippen LogP contribution in [0.15, 0.2) is 75.9 Å². The number of pyridine rings is 1. The number of phenols is 1. The van der Waals surface area contributed by atoms with Crippen LogP contribution in [-0.4, -0.2) is 23.1 Å². The number of aromatic nitrogens is 1. The van der Waals surface area contributed by atoms with Crippen LogP contribution >= 0.6 is 0 Å². The van der Waals surface area contributed by atoms with E-state index in [0.717, 1.165) is 22.4 Å². The molecule has 0 amide bonds. The second-order valence-corrected chi connectivity index (χ2v) is 7.65. The van der Waals surface area contributed by atoms with Gasteiger partial charge in [-0.1, -0.05) is 30.3 Å². The van der Waals surface area contributed by atoms with Gasteiger partial charge in [0.15, 0.2) is 5.75 Å². The van der Waals surface area contributed by atoms with E-state index in [2.05, 4.69) is 15.2 Å². The van der Waals surface area contributed by atoms with Crippen LogP contribution in [0.1, 0.15) is 5.56 Å². The van der Waals surface area contributed by atoms with Gasteiger partial charge in [-0.25, -0.2) is 0 Å². The first-order valence-electron chi connectivity index (χ1n) is 8.34. The number of fused-ring (bicyclic) bond motifs is 2. The maximum absolute atomic E-state index is 11.8. The summed E-state index contributed by atoms with van der Waals surface area (Å²) in [6, 6.07) is 15.4. The molecule has 0 bridgehead atoms. The average Bonchev–Trinajstić information content (AvgIpc) is 2.67. The highest BCUT2D eigenvalue weighted by molar-refractivity contribution is 7.86. The van der Waals surface area contributed by atoms with Crippen LogP contribution in [0.25, 0.3) is 21.7 Å². The van der Waals surface area contributed by atoms with Crippen LogP contribution in [0, 0.1) is 6.92 Å². The third-order valence-corrected chi connectivity index (χ3v) is 5.36. The number of benzene rings is 3. The molecule has 4 aromatic rings. The Labute approximate surface area is 160 Å². The molecule has 4 rings (SSSR count). The molecule has 3 aromatic carbocycles. The van der Waals surface area contributed by atoms with Crippen LogP contribution in [0.3, 0.4) is 0 Å². The summed E-state index contributed by atoms with van der Waals surface area (Å²) in [4.78, 5) is 3.61. The first-order chi connectivity index (χ1) is 13.4. The van der Waals surface area contributed by atoms with Gasteiger partial charge in [0, 0.05) is 17.0 Å². The van der Waals surface area contributed by atoms with E-state index in [1.165, 1.54) is 18.3 Å². The lowest BCUT2D eigenvalue weighted by Gasteiger charge is -2.08. The van der Waals surface area contributed by atoms with E-state index < -0.39 is 15.0 Å². The van der Waals surface area contributed by atoms with Gasteiger partial charge in [0.1, 0.15) is 16.1 Å². The minimum Gasteiger partial charge on any atom is -0.504 e. The van der Waals surface area contributed by atoms with E-state index >= 15 is 0 Å². The Morgan fingerprint density at radius 2 is 1.57 bits per heavy atom. The van der Waals surface area contributed by atoms with Crippen LogP contribution in [0.5, 0.6) is 5.75 Å². The van der Waals surface area contributed by atoms with E-state index in [4.69, 9.17) is 0 Å². The van der Waals surface area contributed by atoms with Crippen molar-refractivity contribution in [3.8, 4) is 5.75 Å². The third kappa shape index (κ3) is 3.08. The fourth-order valence-corrected chi connectivity index (χ4v) is 3.82.